The maximum Gasteiger partial charge on any atom is 0.249 e. The van der Waals surface area contributed by atoms with Crippen LogP contribution in [0.5, 0.6) is 0 Å². The molecule has 1 N–H and O–H groups in total. The summed E-state index contributed by atoms with van der Waals surface area (Å²) in [6, 6.07) is 8.17. The lowest BCUT2D eigenvalue weighted by atomic mass is 10.1. The minimum Gasteiger partial charge on any atom is -0.421 e. The van der Waals surface area contributed by atoms with Gasteiger partial charge in [-0.05, 0) is 18.6 Å². The van der Waals surface area contributed by atoms with Gasteiger partial charge in [0.05, 0.1) is 12.2 Å². The zero-order valence-electron chi connectivity index (χ0n) is 11.5. The number of hydrogen-bond donors (Lipinski definition) is 1. The van der Waals surface area contributed by atoms with Crippen molar-refractivity contribution in [2.75, 3.05) is 19.0 Å². The fourth-order valence-electron chi connectivity index (χ4n) is 1.88. The molecule has 2 rings (SSSR count). The monoisotopic (exact) mass is 261 g/mol. The summed E-state index contributed by atoms with van der Waals surface area (Å²) in [6.45, 7) is 4.57. The fourth-order valence-corrected chi connectivity index (χ4v) is 1.88. The predicted molar refractivity (Wildman–Crippen MR) is 74.0 cm³/mol. The van der Waals surface area contributed by atoms with Crippen molar-refractivity contribution in [1.82, 2.24) is 10.2 Å². The molecule has 0 saturated heterocycles. The summed E-state index contributed by atoms with van der Waals surface area (Å²) >= 11 is 0. The van der Waals surface area contributed by atoms with Crippen molar-refractivity contribution in [2.45, 2.75) is 26.3 Å². The van der Waals surface area contributed by atoms with E-state index in [0.29, 0.717) is 18.4 Å². The standard InChI is InChI=1S/C14H19N3O2/c1-4-11(9-18-3)15-13-8-6-5-7-12(13)14-17-16-10(2)19-14/h5-8,11,15H,4,9H2,1-3H3. The number of aryl methyl sites for hydroxylation is 1. The van der Waals surface area contributed by atoms with E-state index in [1.165, 1.54) is 0 Å². The normalized spacial score (nSPS) is 12.4. The van der Waals surface area contributed by atoms with Gasteiger partial charge in [0.1, 0.15) is 0 Å². The highest BCUT2D eigenvalue weighted by Crippen LogP contribution is 2.27. The third-order valence-electron chi connectivity index (χ3n) is 2.90. The number of ether oxygens (including phenoxy) is 1. The summed E-state index contributed by atoms with van der Waals surface area (Å²) in [6.07, 6.45) is 0.977. The molecule has 0 radical (unpaired) electrons. The highest BCUT2D eigenvalue weighted by molar-refractivity contribution is 5.72. The topological polar surface area (TPSA) is 60.2 Å². The van der Waals surface area contributed by atoms with Crippen LogP contribution >= 0.6 is 0 Å². The van der Waals surface area contributed by atoms with E-state index in [1.807, 2.05) is 24.3 Å². The average molecular weight is 261 g/mol. The van der Waals surface area contributed by atoms with E-state index in [2.05, 4.69) is 22.4 Å². The number of para-hydroxylation sites is 1. The van der Waals surface area contributed by atoms with Gasteiger partial charge in [-0.25, -0.2) is 0 Å². The summed E-state index contributed by atoms with van der Waals surface area (Å²) in [5, 5.41) is 11.4. The van der Waals surface area contributed by atoms with Crippen molar-refractivity contribution in [3.63, 3.8) is 0 Å². The summed E-state index contributed by atoms with van der Waals surface area (Å²) in [4.78, 5) is 0. The van der Waals surface area contributed by atoms with Gasteiger partial charge in [0, 0.05) is 25.8 Å². The van der Waals surface area contributed by atoms with Crippen LogP contribution in [0.15, 0.2) is 28.7 Å². The van der Waals surface area contributed by atoms with Gasteiger partial charge in [0.2, 0.25) is 11.8 Å². The number of benzene rings is 1. The van der Waals surface area contributed by atoms with Crippen molar-refractivity contribution in [3.8, 4) is 11.5 Å². The number of rotatable bonds is 6. The molecule has 5 heteroatoms. The molecular weight excluding hydrogens is 242 g/mol. The molecule has 0 aliphatic heterocycles. The third kappa shape index (κ3) is 3.32. The predicted octanol–water partition coefficient (Wildman–Crippen LogP) is 2.88. The second-order valence-electron chi connectivity index (χ2n) is 4.38. The molecule has 19 heavy (non-hydrogen) atoms. The number of anilines is 1. The molecule has 1 aromatic carbocycles. The lowest BCUT2D eigenvalue weighted by Gasteiger charge is -2.18. The maximum absolute atomic E-state index is 5.49. The highest BCUT2D eigenvalue weighted by Gasteiger charge is 2.13. The van der Waals surface area contributed by atoms with Gasteiger partial charge >= 0.3 is 0 Å². The summed E-state index contributed by atoms with van der Waals surface area (Å²) in [5.41, 5.74) is 1.90. The van der Waals surface area contributed by atoms with Crippen molar-refractivity contribution >= 4 is 5.69 Å². The van der Waals surface area contributed by atoms with E-state index in [4.69, 9.17) is 9.15 Å². The quantitative estimate of drug-likeness (QED) is 0.866. The largest absolute Gasteiger partial charge is 0.421 e. The molecule has 0 bridgehead atoms. The number of methoxy groups -OCH3 is 1. The van der Waals surface area contributed by atoms with Crippen LogP contribution in [0, 0.1) is 6.92 Å². The van der Waals surface area contributed by atoms with E-state index >= 15 is 0 Å². The van der Waals surface area contributed by atoms with Crippen LogP contribution < -0.4 is 5.32 Å². The summed E-state index contributed by atoms with van der Waals surface area (Å²) < 4.78 is 10.7. The second-order valence-corrected chi connectivity index (χ2v) is 4.38. The Labute approximate surface area is 113 Å². The molecule has 1 heterocycles. The molecule has 2 aromatic rings. The number of nitrogens with zero attached hydrogens (tertiary/aromatic N) is 2. The molecule has 0 aliphatic carbocycles. The average Bonchev–Trinajstić information content (AvgIpc) is 2.85. The Morgan fingerprint density at radius 3 is 2.74 bits per heavy atom. The highest BCUT2D eigenvalue weighted by atomic mass is 16.5. The Bertz CT molecular complexity index is 525. The Kier molecular flexibility index (Phi) is 4.52. The first kappa shape index (κ1) is 13.5. The van der Waals surface area contributed by atoms with E-state index < -0.39 is 0 Å². The van der Waals surface area contributed by atoms with Crippen LogP contribution in [0.25, 0.3) is 11.5 Å². The Morgan fingerprint density at radius 2 is 2.11 bits per heavy atom. The zero-order chi connectivity index (χ0) is 13.7. The zero-order valence-corrected chi connectivity index (χ0v) is 11.5. The molecule has 1 aromatic heterocycles. The van der Waals surface area contributed by atoms with Crippen molar-refractivity contribution in [3.05, 3.63) is 30.2 Å². The number of aromatic nitrogens is 2. The van der Waals surface area contributed by atoms with E-state index in [0.717, 1.165) is 17.7 Å². The molecular formula is C14H19N3O2. The molecule has 0 saturated carbocycles. The first-order chi connectivity index (χ1) is 9.24. The van der Waals surface area contributed by atoms with Crippen LogP contribution in [0.2, 0.25) is 0 Å². The summed E-state index contributed by atoms with van der Waals surface area (Å²) in [7, 11) is 1.71. The first-order valence-corrected chi connectivity index (χ1v) is 6.39. The third-order valence-corrected chi connectivity index (χ3v) is 2.90. The Hall–Kier alpha value is -1.88. The SMILES string of the molecule is CCC(COC)Nc1ccccc1-c1nnc(C)o1. The van der Waals surface area contributed by atoms with Crippen molar-refractivity contribution in [1.29, 1.82) is 0 Å². The Balaban J connectivity index is 2.25. The van der Waals surface area contributed by atoms with Gasteiger partial charge in [-0.1, -0.05) is 19.1 Å². The van der Waals surface area contributed by atoms with Gasteiger partial charge in [-0.15, -0.1) is 10.2 Å². The van der Waals surface area contributed by atoms with Gasteiger partial charge in [0.15, 0.2) is 0 Å². The van der Waals surface area contributed by atoms with E-state index in [-0.39, 0.29) is 6.04 Å². The van der Waals surface area contributed by atoms with Crippen molar-refractivity contribution in [2.24, 2.45) is 0 Å². The summed E-state index contributed by atoms with van der Waals surface area (Å²) in [5.74, 6) is 1.10. The molecule has 0 spiro atoms. The van der Waals surface area contributed by atoms with E-state index in [1.54, 1.807) is 14.0 Å². The second kappa shape index (κ2) is 6.33. The van der Waals surface area contributed by atoms with Crippen LogP contribution in [0.1, 0.15) is 19.2 Å². The lowest BCUT2D eigenvalue weighted by Crippen LogP contribution is -2.24. The lowest BCUT2D eigenvalue weighted by molar-refractivity contribution is 0.184. The van der Waals surface area contributed by atoms with Gasteiger partial charge in [-0.3, -0.25) is 0 Å². The molecule has 1 atom stereocenters. The van der Waals surface area contributed by atoms with Gasteiger partial charge in [0.25, 0.3) is 0 Å². The maximum atomic E-state index is 5.49. The number of hydrogen-bond acceptors (Lipinski definition) is 5. The molecule has 1 unspecified atom stereocenters. The molecule has 102 valence electrons. The molecule has 5 nitrogen and oxygen atoms in total. The smallest absolute Gasteiger partial charge is 0.249 e. The van der Waals surface area contributed by atoms with E-state index in [9.17, 15) is 0 Å². The van der Waals surface area contributed by atoms with Gasteiger partial charge in [-0.2, -0.15) is 0 Å². The fraction of sp³-hybridized carbons (Fsp3) is 0.429. The van der Waals surface area contributed by atoms with Crippen LogP contribution in [0.3, 0.4) is 0 Å². The van der Waals surface area contributed by atoms with Crippen molar-refractivity contribution < 1.29 is 9.15 Å². The minimum absolute atomic E-state index is 0.259. The van der Waals surface area contributed by atoms with Crippen LogP contribution in [0.4, 0.5) is 5.69 Å². The molecule has 0 aliphatic rings. The van der Waals surface area contributed by atoms with Gasteiger partial charge < -0.3 is 14.5 Å². The molecule has 0 fully saturated rings. The van der Waals surface area contributed by atoms with Crippen LogP contribution in [-0.2, 0) is 4.74 Å². The Morgan fingerprint density at radius 1 is 1.32 bits per heavy atom. The number of nitrogens with one attached hydrogen (secondary N) is 1. The first-order valence-electron chi connectivity index (χ1n) is 6.39. The molecule has 0 amide bonds. The van der Waals surface area contributed by atoms with Crippen LogP contribution in [-0.4, -0.2) is 30.0 Å². The minimum atomic E-state index is 0.259.